The van der Waals surface area contributed by atoms with Crippen LogP contribution in [0.4, 0.5) is 0 Å². The monoisotopic (exact) mass is 220 g/mol. The maximum absolute atomic E-state index is 9.19. The second kappa shape index (κ2) is 7.20. The van der Waals surface area contributed by atoms with Crippen LogP contribution in [0, 0.1) is 0 Å². The zero-order chi connectivity index (χ0) is 11.8. The molecular weight excluding hydrogens is 200 g/mol. The van der Waals surface area contributed by atoms with Crippen LogP contribution in [0.5, 0.6) is 0 Å². The van der Waals surface area contributed by atoms with Gasteiger partial charge < -0.3 is 9.84 Å². The van der Waals surface area contributed by atoms with Crippen LogP contribution >= 0.6 is 0 Å². The third-order valence-corrected chi connectivity index (χ3v) is 2.44. The van der Waals surface area contributed by atoms with Gasteiger partial charge in [0.05, 0.1) is 18.8 Å². The zero-order valence-electron chi connectivity index (χ0n) is 9.80. The molecule has 2 nitrogen and oxygen atoms in total. The van der Waals surface area contributed by atoms with Crippen molar-refractivity contribution in [2.45, 2.75) is 38.6 Å². The van der Waals surface area contributed by atoms with E-state index < -0.39 is 0 Å². The highest BCUT2D eigenvalue weighted by Gasteiger charge is 2.06. The first-order valence-corrected chi connectivity index (χ1v) is 5.68. The second-order valence-electron chi connectivity index (χ2n) is 4.00. The van der Waals surface area contributed by atoms with Crippen molar-refractivity contribution in [3.05, 3.63) is 48.6 Å². The molecule has 1 aromatic carbocycles. The second-order valence-corrected chi connectivity index (χ2v) is 4.00. The van der Waals surface area contributed by atoms with E-state index in [9.17, 15) is 5.11 Å². The summed E-state index contributed by atoms with van der Waals surface area (Å²) >= 11 is 0. The minimum atomic E-state index is -0.275. The summed E-state index contributed by atoms with van der Waals surface area (Å²) in [5.41, 5.74) is 1.16. The third-order valence-electron chi connectivity index (χ3n) is 2.44. The molecule has 1 rings (SSSR count). The fourth-order valence-corrected chi connectivity index (χ4v) is 1.45. The van der Waals surface area contributed by atoms with Gasteiger partial charge >= 0.3 is 0 Å². The maximum Gasteiger partial charge on any atom is 0.0758 e. The summed E-state index contributed by atoms with van der Waals surface area (Å²) in [6.07, 6.45) is 3.10. The minimum absolute atomic E-state index is 0.0230. The van der Waals surface area contributed by atoms with Gasteiger partial charge in [-0.2, -0.15) is 0 Å². The molecular formula is C14H20O2. The molecule has 0 fully saturated rings. The standard InChI is InChI=1S/C14H20O2/c1-3-14(10-9-12(2)15)16-11-13-7-5-4-6-8-13/h3-8,12,14-15H,1,9-11H2,2H3/t12-,14+/m0/s1. The average Bonchev–Trinajstić information content (AvgIpc) is 2.30. The molecule has 0 amide bonds. The van der Waals surface area contributed by atoms with Gasteiger partial charge in [-0.05, 0) is 25.3 Å². The normalized spacial score (nSPS) is 14.4. The van der Waals surface area contributed by atoms with Crippen LogP contribution in [-0.2, 0) is 11.3 Å². The molecule has 0 spiro atoms. The van der Waals surface area contributed by atoms with Gasteiger partial charge in [0.25, 0.3) is 0 Å². The Kier molecular flexibility index (Phi) is 5.83. The summed E-state index contributed by atoms with van der Waals surface area (Å²) in [4.78, 5) is 0. The predicted molar refractivity (Wildman–Crippen MR) is 66.1 cm³/mol. The van der Waals surface area contributed by atoms with E-state index in [2.05, 4.69) is 6.58 Å². The third kappa shape index (κ3) is 5.10. The van der Waals surface area contributed by atoms with Crippen molar-refractivity contribution in [3.8, 4) is 0 Å². The van der Waals surface area contributed by atoms with Gasteiger partial charge in [-0.3, -0.25) is 0 Å². The average molecular weight is 220 g/mol. The Bertz CT molecular complexity index is 293. The van der Waals surface area contributed by atoms with Crippen molar-refractivity contribution in [3.63, 3.8) is 0 Å². The quantitative estimate of drug-likeness (QED) is 0.716. The van der Waals surface area contributed by atoms with E-state index in [1.807, 2.05) is 30.3 Å². The van der Waals surface area contributed by atoms with Crippen LogP contribution in [0.25, 0.3) is 0 Å². The van der Waals surface area contributed by atoms with Crippen LogP contribution in [0.3, 0.4) is 0 Å². The molecule has 88 valence electrons. The first-order chi connectivity index (χ1) is 7.72. The number of hydrogen-bond donors (Lipinski definition) is 1. The SMILES string of the molecule is C=C[C@H](CC[C@H](C)O)OCc1ccccc1. The van der Waals surface area contributed by atoms with Crippen molar-refractivity contribution < 1.29 is 9.84 Å². The predicted octanol–water partition coefficient (Wildman–Crippen LogP) is 2.92. The molecule has 1 N–H and O–H groups in total. The molecule has 0 aliphatic heterocycles. The molecule has 0 unspecified atom stereocenters. The fourth-order valence-electron chi connectivity index (χ4n) is 1.45. The lowest BCUT2D eigenvalue weighted by atomic mass is 10.1. The van der Waals surface area contributed by atoms with Crippen LogP contribution in [0.15, 0.2) is 43.0 Å². The summed E-state index contributed by atoms with van der Waals surface area (Å²) in [7, 11) is 0. The topological polar surface area (TPSA) is 29.5 Å². The molecule has 0 saturated carbocycles. The van der Waals surface area contributed by atoms with Gasteiger partial charge in [0.2, 0.25) is 0 Å². The molecule has 0 aromatic heterocycles. The molecule has 0 radical (unpaired) electrons. The Hall–Kier alpha value is -1.12. The Morgan fingerprint density at radius 1 is 1.31 bits per heavy atom. The molecule has 0 saturated heterocycles. The van der Waals surface area contributed by atoms with Crippen molar-refractivity contribution in [2.75, 3.05) is 0 Å². The summed E-state index contributed by atoms with van der Waals surface area (Å²) in [5.74, 6) is 0. The van der Waals surface area contributed by atoms with E-state index in [0.29, 0.717) is 6.61 Å². The maximum atomic E-state index is 9.19. The van der Waals surface area contributed by atoms with Gasteiger partial charge in [-0.15, -0.1) is 6.58 Å². The van der Waals surface area contributed by atoms with Crippen LogP contribution in [0.1, 0.15) is 25.3 Å². The number of ether oxygens (including phenoxy) is 1. The molecule has 2 atom stereocenters. The lowest BCUT2D eigenvalue weighted by molar-refractivity contribution is 0.0549. The van der Waals surface area contributed by atoms with E-state index in [0.717, 1.165) is 18.4 Å². The van der Waals surface area contributed by atoms with Gasteiger partial charge in [-0.1, -0.05) is 36.4 Å². The largest absolute Gasteiger partial charge is 0.393 e. The van der Waals surface area contributed by atoms with Gasteiger partial charge in [-0.25, -0.2) is 0 Å². The highest BCUT2D eigenvalue weighted by molar-refractivity contribution is 5.13. The van der Waals surface area contributed by atoms with Gasteiger partial charge in [0, 0.05) is 0 Å². The highest BCUT2D eigenvalue weighted by Crippen LogP contribution is 2.10. The molecule has 0 bridgehead atoms. The summed E-state index contributed by atoms with van der Waals surface area (Å²) < 4.78 is 5.70. The number of aliphatic hydroxyl groups excluding tert-OH is 1. The number of hydrogen-bond acceptors (Lipinski definition) is 2. The molecule has 0 aliphatic rings. The van der Waals surface area contributed by atoms with E-state index in [4.69, 9.17) is 4.74 Å². The van der Waals surface area contributed by atoms with Crippen LogP contribution in [0.2, 0.25) is 0 Å². The Morgan fingerprint density at radius 3 is 2.56 bits per heavy atom. The van der Waals surface area contributed by atoms with Crippen molar-refractivity contribution >= 4 is 0 Å². The summed E-state index contributed by atoms with van der Waals surface area (Å²) in [6.45, 7) is 6.13. The van der Waals surface area contributed by atoms with E-state index in [-0.39, 0.29) is 12.2 Å². The molecule has 16 heavy (non-hydrogen) atoms. The first-order valence-electron chi connectivity index (χ1n) is 5.68. The van der Waals surface area contributed by atoms with E-state index in [1.54, 1.807) is 13.0 Å². The van der Waals surface area contributed by atoms with Gasteiger partial charge in [0.15, 0.2) is 0 Å². The van der Waals surface area contributed by atoms with E-state index in [1.165, 1.54) is 0 Å². The van der Waals surface area contributed by atoms with Crippen LogP contribution in [-0.4, -0.2) is 17.3 Å². The Balaban J connectivity index is 2.31. The smallest absolute Gasteiger partial charge is 0.0758 e. The lowest BCUT2D eigenvalue weighted by Crippen LogP contribution is -2.12. The Morgan fingerprint density at radius 2 is 2.00 bits per heavy atom. The van der Waals surface area contributed by atoms with Gasteiger partial charge in [0.1, 0.15) is 0 Å². The highest BCUT2D eigenvalue weighted by atomic mass is 16.5. The molecule has 2 heteroatoms. The molecule has 0 aliphatic carbocycles. The summed E-state index contributed by atoms with van der Waals surface area (Å²) in [5, 5.41) is 9.19. The number of aliphatic hydroxyl groups is 1. The van der Waals surface area contributed by atoms with Crippen LogP contribution < -0.4 is 0 Å². The fraction of sp³-hybridized carbons (Fsp3) is 0.429. The lowest BCUT2D eigenvalue weighted by Gasteiger charge is -2.14. The number of benzene rings is 1. The number of rotatable bonds is 7. The molecule has 0 heterocycles. The van der Waals surface area contributed by atoms with Crippen molar-refractivity contribution in [1.29, 1.82) is 0 Å². The minimum Gasteiger partial charge on any atom is -0.393 e. The zero-order valence-corrected chi connectivity index (χ0v) is 9.80. The summed E-state index contributed by atoms with van der Waals surface area (Å²) in [6, 6.07) is 10.1. The first kappa shape index (κ1) is 12.9. The molecule has 1 aromatic rings. The Labute approximate surface area is 97.6 Å². The van der Waals surface area contributed by atoms with Crippen molar-refractivity contribution in [1.82, 2.24) is 0 Å². The van der Waals surface area contributed by atoms with Crippen molar-refractivity contribution in [2.24, 2.45) is 0 Å². The van der Waals surface area contributed by atoms with E-state index >= 15 is 0 Å².